The zero-order valence-electron chi connectivity index (χ0n) is 12.1. The van der Waals surface area contributed by atoms with Crippen molar-refractivity contribution in [1.82, 2.24) is 9.80 Å². The molecule has 1 aliphatic rings. The van der Waals surface area contributed by atoms with Crippen LogP contribution in [0.4, 0.5) is 5.69 Å². The van der Waals surface area contributed by atoms with Gasteiger partial charge in [0.15, 0.2) is 0 Å². The SMILES string of the molecule is CN(C)CCCN(C)C(=O)c1ccc2c(c1)NCC2. The van der Waals surface area contributed by atoms with Crippen LogP contribution in [0.15, 0.2) is 18.2 Å². The van der Waals surface area contributed by atoms with E-state index in [0.29, 0.717) is 0 Å². The summed E-state index contributed by atoms with van der Waals surface area (Å²) in [6.07, 6.45) is 2.06. The molecule has 104 valence electrons. The molecule has 19 heavy (non-hydrogen) atoms. The Morgan fingerprint density at radius 3 is 2.79 bits per heavy atom. The molecule has 4 heteroatoms. The number of fused-ring (bicyclic) bond motifs is 1. The number of carbonyl (C=O) groups excluding carboxylic acids is 1. The Bertz CT molecular complexity index is 457. The number of hydrogen-bond donors (Lipinski definition) is 1. The lowest BCUT2D eigenvalue weighted by molar-refractivity contribution is 0.0790. The van der Waals surface area contributed by atoms with Gasteiger partial charge in [0, 0.05) is 31.4 Å². The molecule has 0 bridgehead atoms. The molecule has 1 N–H and O–H groups in total. The molecule has 1 amide bonds. The number of hydrogen-bond acceptors (Lipinski definition) is 3. The number of benzene rings is 1. The Morgan fingerprint density at radius 1 is 1.26 bits per heavy atom. The van der Waals surface area contributed by atoms with Crippen LogP contribution in [0.2, 0.25) is 0 Å². The molecule has 0 aromatic heterocycles. The first-order valence-corrected chi connectivity index (χ1v) is 6.85. The largest absolute Gasteiger partial charge is 0.384 e. The van der Waals surface area contributed by atoms with Gasteiger partial charge in [0.2, 0.25) is 0 Å². The first-order valence-electron chi connectivity index (χ1n) is 6.85. The molecule has 0 spiro atoms. The van der Waals surface area contributed by atoms with E-state index in [1.807, 2.05) is 33.3 Å². The molecule has 0 saturated heterocycles. The number of amides is 1. The first kappa shape index (κ1) is 13.9. The van der Waals surface area contributed by atoms with Gasteiger partial charge in [0.1, 0.15) is 0 Å². The van der Waals surface area contributed by atoms with Crippen LogP contribution in [0, 0.1) is 0 Å². The highest BCUT2D eigenvalue weighted by Crippen LogP contribution is 2.23. The zero-order valence-corrected chi connectivity index (χ0v) is 12.1. The Morgan fingerprint density at radius 2 is 2.05 bits per heavy atom. The zero-order chi connectivity index (χ0) is 13.8. The second kappa shape index (κ2) is 6.06. The third-order valence-corrected chi connectivity index (χ3v) is 3.51. The Kier molecular flexibility index (Phi) is 4.43. The summed E-state index contributed by atoms with van der Waals surface area (Å²) in [5.74, 6) is 0.107. The van der Waals surface area contributed by atoms with Gasteiger partial charge in [-0.05, 0) is 51.2 Å². The maximum Gasteiger partial charge on any atom is 0.253 e. The lowest BCUT2D eigenvalue weighted by Gasteiger charge is -2.19. The van der Waals surface area contributed by atoms with Crippen molar-refractivity contribution in [3.05, 3.63) is 29.3 Å². The standard InChI is InChI=1S/C15H23N3O/c1-17(2)9-4-10-18(3)15(19)13-6-5-12-7-8-16-14(12)11-13/h5-6,11,16H,4,7-10H2,1-3H3. The average molecular weight is 261 g/mol. The van der Waals surface area contributed by atoms with Crippen LogP contribution in [-0.2, 0) is 6.42 Å². The molecule has 0 fully saturated rings. The van der Waals surface area contributed by atoms with Crippen LogP contribution in [0.5, 0.6) is 0 Å². The van der Waals surface area contributed by atoms with Gasteiger partial charge < -0.3 is 15.1 Å². The second-order valence-corrected chi connectivity index (χ2v) is 5.43. The van der Waals surface area contributed by atoms with Crippen molar-refractivity contribution in [2.45, 2.75) is 12.8 Å². The maximum atomic E-state index is 12.3. The molecule has 0 saturated carbocycles. The van der Waals surface area contributed by atoms with Crippen LogP contribution in [0.3, 0.4) is 0 Å². The maximum absolute atomic E-state index is 12.3. The van der Waals surface area contributed by atoms with Crippen LogP contribution < -0.4 is 5.32 Å². The number of carbonyl (C=O) groups is 1. The quantitative estimate of drug-likeness (QED) is 0.876. The van der Waals surface area contributed by atoms with E-state index in [1.165, 1.54) is 5.56 Å². The van der Waals surface area contributed by atoms with Gasteiger partial charge >= 0.3 is 0 Å². The molecule has 1 aromatic carbocycles. The van der Waals surface area contributed by atoms with Gasteiger partial charge in [-0.2, -0.15) is 0 Å². The predicted molar refractivity (Wildman–Crippen MR) is 78.8 cm³/mol. The molecule has 1 aromatic rings. The number of anilines is 1. The topological polar surface area (TPSA) is 35.6 Å². The molecule has 0 unspecified atom stereocenters. The van der Waals surface area contributed by atoms with Crippen LogP contribution in [0.1, 0.15) is 22.3 Å². The minimum absolute atomic E-state index is 0.107. The van der Waals surface area contributed by atoms with Crippen LogP contribution in [-0.4, -0.2) is 56.5 Å². The van der Waals surface area contributed by atoms with Crippen molar-refractivity contribution in [3.63, 3.8) is 0 Å². The van der Waals surface area contributed by atoms with E-state index in [0.717, 1.165) is 43.7 Å². The van der Waals surface area contributed by atoms with Crippen molar-refractivity contribution in [2.75, 3.05) is 46.1 Å². The van der Waals surface area contributed by atoms with Crippen molar-refractivity contribution < 1.29 is 4.79 Å². The summed E-state index contributed by atoms with van der Waals surface area (Å²) in [5, 5.41) is 3.31. The Hall–Kier alpha value is -1.55. The van der Waals surface area contributed by atoms with Crippen molar-refractivity contribution >= 4 is 11.6 Å². The lowest BCUT2D eigenvalue weighted by Crippen LogP contribution is -2.29. The summed E-state index contributed by atoms with van der Waals surface area (Å²) < 4.78 is 0. The molecular weight excluding hydrogens is 238 g/mol. The van der Waals surface area contributed by atoms with Crippen molar-refractivity contribution in [1.29, 1.82) is 0 Å². The summed E-state index contributed by atoms with van der Waals surface area (Å²) >= 11 is 0. The fraction of sp³-hybridized carbons (Fsp3) is 0.533. The van der Waals surface area contributed by atoms with E-state index in [9.17, 15) is 4.79 Å². The lowest BCUT2D eigenvalue weighted by atomic mass is 10.1. The van der Waals surface area contributed by atoms with E-state index in [-0.39, 0.29) is 5.91 Å². The third-order valence-electron chi connectivity index (χ3n) is 3.51. The Labute approximate surface area is 115 Å². The molecular formula is C15H23N3O. The van der Waals surface area contributed by atoms with Crippen molar-refractivity contribution in [3.8, 4) is 0 Å². The Balaban J connectivity index is 1.95. The summed E-state index contributed by atoms with van der Waals surface area (Å²) in [7, 11) is 5.97. The van der Waals surface area contributed by atoms with Crippen molar-refractivity contribution in [2.24, 2.45) is 0 Å². The number of nitrogens with one attached hydrogen (secondary N) is 1. The third kappa shape index (κ3) is 3.47. The average Bonchev–Trinajstić information content (AvgIpc) is 2.84. The smallest absolute Gasteiger partial charge is 0.253 e. The summed E-state index contributed by atoms with van der Waals surface area (Å²) in [4.78, 5) is 16.2. The fourth-order valence-electron chi connectivity index (χ4n) is 2.37. The highest BCUT2D eigenvalue weighted by molar-refractivity contribution is 5.95. The highest BCUT2D eigenvalue weighted by Gasteiger charge is 2.15. The van der Waals surface area contributed by atoms with Gasteiger partial charge in [-0.1, -0.05) is 6.07 Å². The number of rotatable bonds is 5. The molecule has 4 nitrogen and oxygen atoms in total. The van der Waals surface area contributed by atoms with Crippen LogP contribution >= 0.6 is 0 Å². The summed E-state index contributed by atoms with van der Waals surface area (Å²) in [6, 6.07) is 5.99. The molecule has 0 aliphatic carbocycles. The van der Waals surface area contributed by atoms with Crippen LogP contribution in [0.25, 0.3) is 0 Å². The predicted octanol–water partition coefficient (Wildman–Crippen LogP) is 1.68. The van der Waals surface area contributed by atoms with E-state index >= 15 is 0 Å². The minimum atomic E-state index is 0.107. The molecule has 1 aliphatic heterocycles. The van der Waals surface area contributed by atoms with E-state index in [1.54, 1.807) is 4.90 Å². The summed E-state index contributed by atoms with van der Waals surface area (Å²) in [5.41, 5.74) is 3.21. The highest BCUT2D eigenvalue weighted by atomic mass is 16.2. The first-order chi connectivity index (χ1) is 9.08. The van der Waals surface area contributed by atoms with Gasteiger partial charge in [0.05, 0.1) is 0 Å². The van der Waals surface area contributed by atoms with Gasteiger partial charge in [-0.15, -0.1) is 0 Å². The minimum Gasteiger partial charge on any atom is -0.384 e. The normalized spacial score (nSPS) is 13.3. The van der Waals surface area contributed by atoms with E-state index in [4.69, 9.17) is 0 Å². The number of nitrogens with zero attached hydrogens (tertiary/aromatic N) is 2. The van der Waals surface area contributed by atoms with E-state index in [2.05, 4.69) is 16.3 Å². The van der Waals surface area contributed by atoms with Gasteiger partial charge in [0.25, 0.3) is 5.91 Å². The molecule has 0 atom stereocenters. The molecule has 0 radical (unpaired) electrons. The molecule has 1 heterocycles. The molecule has 2 rings (SSSR count). The monoisotopic (exact) mass is 261 g/mol. The summed E-state index contributed by atoms with van der Waals surface area (Å²) in [6.45, 7) is 2.77. The van der Waals surface area contributed by atoms with Gasteiger partial charge in [-0.25, -0.2) is 0 Å². The van der Waals surface area contributed by atoms with Gasteiger partial charge in [-0.3, -0.25) is 4.79 Å². The fourth-order valence-corrected chi connectivity index (χ4v) is 2.37. The second-order valence-electron chi connectivity index (χ2n) is 5.43. The van der Waals surface area contributed by atoms with E-state index < -0.39 is 0 Å².